The van der Waals surface area contributed by atoms with Crippen molar-refractivity contribution in [3.05, 3.63) is 29.6 Å². The predicted octanol–water partition coefficient (Wildman–Crippen LogP) is 2.48. The quantitative estimate of drug-likeness (QED) is 0.567. The number of aromatic nitrogens is 1. The summed E-state index contributed by atoms with van der Waals surface area (Å²) >= 11 is 0. The first kappa shape index (κ1) is 12.8. The number of aryl methyl sites for hydroxylation is 1. The fourth-order valence-electron chi connectivity index (χ4n) is 1.64. The van der Waals surface area contributed by atoms with E-state index in [4.69, 9.17) is 5.73 Å². The predicted molar refractivity (Wildman–Crippen MR) is 65.4 cm³/mol. The van der Waals surface area contributed by atoms with Crippen molar-refractivity contribution in [1.82, 2.24) is 4.98 Å². The highest BCUT2D eigenvalue weighted by Crippen LogP contribution is 2.09. The number of carbonyl (C=O) groups excluding carboxylic acids is 1. The van der Waals surface area contributed by atoms with Gasteiger partial charge in [-0.25, -0.2) is 0 Å². The number of nitrogens with zero attached hydrogens (tertiary/aromatic N) is 1. The molecule has 0 saturated carbocycles. The van der Waals surface area contributed by atoms with Crippen LogP contribution in [-0.4, -0.2) is 17.3 Å². The number of ketones is 1. The summed E-state index contributed by atoms with van der Waals surface area (Å²) < 4.78 is 0. The Hall–Kier alpha value is -1.22. The van der Waals surface area contributed by atoms with E-state index in [2.05, 4.69) is 4.98 Å². The van der Waals surface area contributed by atoms with Crippen LogP contribution in [0.2, 0.25) is 0 Å². The van der Waals surface area contributed by atoms with Crippen LogP contribution in [0.3, 0.4) is 0 Å². The first-order valence-corrected chi connectivity index (χ1v) is 5.89. The highest BCUT2D eigenvalue weighted by Gasteiger charge is 2.05. The molecule has 0 amide bonds. The topological polar surface area (TPSA) is 56.0 Å². The Bertz CT molecular complexity index is 336. The third-order valence-electron chi connectivity index (χ3n) is 2.55. The van der Waals surface area contributed by atoms with Gasteiger partial charge in [0.05, 0.1) is 0 Å². The molecule has 0 fully saturated rings. The lowest BCUT2D eigenvalue weighted by molar-refractivity contribution is 0.0978. The Morgan fingerprint density at radius 3 is 2.69 bits per heavy atom. The lowest BCUT2D eigenvalue weighted by atomic mass is 10.0. The zero-order valence-corrected chi connectivity index (χ0v) is 9.91. The molecule has 0 atom stereocenters. The van der Waals surface area contributed by atoms with Gasteiger partial charge in [-0.15, -0.1) is 0 Å². The monoisotopic (exact) mass is 220 g/mol. The maximum atomic E-state index is 11.8. The van der Waals surface area contributed by atoms with Crippen LogP contribution in [0.15, 0.2) is 18.5 Å². The van der Waals surface area contributed by atoms with Gasteiger partial charge in [0.2, 0.25) is 0 Å². The van der Waals surface area contributed by atoms with Gasteiger partial charge in [-0.3, -0.25) is 9.78 Å². The van der Waals surface area contributed by atoms with Crippen molar-refractivity contribution in [1.29, 1.82) is 0 Å². The number of unbranched alkanes of at least 4 members (excludes halogenated alkanes) is 3. The summed E-state index contributed by atoms with van der Waals surface area (Å²) in [5.74, 6) is 0.198. The molecule has 0 saturated heterocycles. The fourth-order valence-corrected chi connectivity index (χ4v) is 1.64. The third kappa shape index (κ3) is 4.53. The molecule has 0 radical (unpaired) electrons. The number of carbonyl (C=O) groups is 1. The van der Waals surface area contributed by atoms with Crippen molar-refractivity contribution in [2.24, 2.45) is 5.73 Å². The number of hydrogen-bond acceptors (Lipinski definition) is 3. The van der Waals surface area contributed by atoms with E-state index in [1.807, 2.05) is 13.0 Å². The van der Waals surface area contributed by atoms with Crippen molar-refractivity contribution in [3.63, 3.8) is 0 Å². The molecule has 1 heterocycles. The molecule has 0 aliphatic rings. The number of Topliss-reactive ketones (excluding diaryl/α,β-unsaturated/α-hetero) is 1. The van der Waals surface area contributed by atoms with Gasteiger partial charge in [0.15, 0.2) is 5.78 Å². The largest absolute Gasteiger partial charge is 0.330 e. The standard InChI is InChI=1S/C13H20N2O/c1-11-8-12(10-15-9-11)13(16)6-4-2-3-5-7-14/h8-10H,2-7,14H2,1H3. The fraction of sp³-hybridized carbons (Fsp3) is 0.538. The summed E-state index contributed by atoms with van der Waals surface area (Å²) in [5, 5.41) is 0. The minimum Gasteiger partial charge on any atom is -0.330 e. The van der Waals surface area contributed by atoms with Gasteiger partial charge in [0, 0.05) is 24.4 Å². The Morgan fingerprint density at radius 1 is 1.25 bits per heavy atom. The Morgan fingerprint density at radius 2 is 2.00 bits per heavy atom. The Kier molecular flexibility index (Phi) is 5.72. The van der Waals surface area contributed by atoms with Crippen molar-refractivity contribution < 1.29 is 4.79 Å². The van der Waals surface area contributed by atoms with Gasteiger partial charge >= 0.3 is 0 Å². The van der Waals surface area contributed by atoms with Gasteiger partial charge in [-0.1, -0.05) is 12.8 Å². The average molecular weight is 220 g/mol. The molecule has 0 aliphatic heterocycles. The molecule has 88 valence electrons. The van der Waals surface area contributed by atoms with E-state index in [1.54, 1.807) is 12.4 Å². The molecule has 1 aromatic heterocycles. The summed E-state index contributed by atoms with van der Waals surface area (Å²) in [6, 6.07) is 1.90. The molecular formula is C13H20N2O. The summed E-state index contributed by atoms with van der Waals surface area (Å²) in [6.07, 6.45) is 8.24. The second-order valence-electron chi connectivity index (χ2n) is 4.13. The minimum absolute atomic E-state index is 0.198. The highest BCUT2D eigenvalue weighted by atomic mass is 16.1. The third-order valence-corrected chi connectivity index (χ3v) is 2.55. The van der Waals surface area contributed by atoms with Crippen LogP contribution in [0.4, 0.5) is 0 Å². The molecule has 0 bridgehead atoms. The van der Waals surface area contributed by atoms with Crippen molar-refractivity contribution in [3.8, 4) is 0 Å². The van der Waals surface area contributed by atoms with Crippen LogP contribution in [0.25, 0.3) is 0 Å². The molecule has 3 heteroatoms. The van der Waals surface area contributed by atoms with Crippen molar-refractivity contribution in [2.45, 2.75) is 39.0 Å². The SMILES string of the molecule is Cc1cncc(C(=O)CCCCCCN)c1. The maximum Gasteiger partial charge on any atom is 0.164 e. The van der Waals surface area contributed by atoms with E-state index in [9.17, 15) is 4.79 Å². The summed E-state index contributed by atoms with van der Waals surface area (Å²) in [6.45, 7) is 2.70. The lowest BCUT2D eigenvalue weighted by Crippen LogP contribution is -2.01. The zero-order valence-electron chi connectivity index (χ0n) is 9.91. The second kappa shape index (κ2) is 7.12. The molecular weight excluding hydrogens is 200 g/mol. The second-order valence-corrected chi connectivity index (χ2v) is 4.13. The molecule has 1 aromatic rings. The molecule has 0 aromatic carbocycles. The van der Waals surface area contributed by atoms with Crippen LogP contribution < -0.4 is 5.73 Å². The van der Waals surface area contributed by atoms with Gasteiger partial charge in [0.25, 0.3) is 0 Å². The molecule has 16 heavy (non-hydrogen) atoms. The van der Waals surface area contributed by atoms with Gasteiger partial charge in [0.1, 0.15) is 0 Å². The number of nitrogens with two attached hydrogens (primary N) is 1. The summed E-state index contributed by atoms with van der Waals surface area (Å²) in [4.78, 5) is 15.8. The van der Waals surface area contributed by atoms with E-state index in [1.165, 1.54) is 0 Å². The summed E-state index contributed by atoms with van der Waals surface area (Å²) in [7, 11) is 0. The normalized spacial score (nSPS) is 10.4. The molecule has 3 nitrogen and oxygen atoms in total. The molecule has 0 aliphatic carbocycles. The van der Waals surface area contributed by atoms with Crippen LogP contribution in [0, 0.1) is 6.92 Å². The smallest absolute Gasteiger partial charge is 0.164 e. The van der Waals surface area contributed by atoms with Crippen LogP contribution in [0.1, 0.15) is 48.0 Å². The zero-order chi connectivity index (χ0) is 11.8. The van der Waals surface area contributed by atoms with E-state index in [0.717, 1.165) is 43.4 Å². The first-order valence-electron chi connectivity index (χ1n) is 5.89. The van der Waals surface area contributed by atoms with E-state index in [-0.39, 0.29) is 5.78 Å². The Labute approximate surface area is 97.1 Å². The molecule has 0 unspecified atom stereocenters. The average Bonchev–Trinajstić information content (AvgIpc) is 2.28. The molecule has 1 rings (SSSR count). The molecule has 0 spiro atoms. The van der Waals surface area contributed by atoms with Crippen LogP contribution in [0.5, 0.6) is 0 Å². The van der Waals surface area contributed by atoms with Gasteiger partial charge in [-0.05, 0) is 37.9 Å². The van der Waals surface area contributed by atoms with Gasteiger partial charge < -0.3 is 5.73 Å². The number of pyridine rings is 1. The van der Waals surface area contributed by atoms with E-state index in [0.29, 0.717) is 6.42 Å². The number of rotatable bonds is 7. The first-order chi connectivity index (χ1) is 7.74. The Balaban J connectivity index is 2.30. The van der Waals surface area contributed by atoms with Crippen LogP contribution in [-0.2, 0) is 0 Å². The van der Waals surface area contributed by atoms with E-state index < -0.39 is 0 Å². The maximum absolute atomic E-state index is 11.8. The van der Waals surface area contributed by atoms with Crippen LogP contribution >= 0.6 is 0 Å². The lowest BCUT2D eigenvalue weighted by Gasteiger charge is -2.01. The van der Waals surface area contributed by atoms with Gasteiger partial charge in [-0.2, -0.15) is 0 Å². The molecule has 2 N–H and O–H groups in total. The number of hydrogen-bond donors (Lipinski definition) is 1. The van der Waals surface area contributed by atoms with E-state index >= 15 is 0 Å². The minimum atomic E-state index is 0.198. The van der Waals surface area contributed by atoms with Crippen molar-refractivity contribution in [2.75, 3.05) is 6.54 Å². The summed E-state index contributed by atoms with van der Waals surface area (Å²) in [5.41, 5.74) is 7.17. The van der Waals surface area contributed by atoms with Crippen molar-refractivity contribution >= 4 is 5.78 Å². The highest BCUT2D eigenvalue weighted by molar-refractivity contribution is 5.95.